The first-order valence-corrected chi connectivity index (χ1v) is 49.2. The van der Waals surface area contributed by atoms with Crippen LogP contribution in [0.2, 0.25) is 5.02 Å². The van der Waals surface area contributed by atoms with Gasteiger partial charge in [-0.25, -0.2) is 58.8 Å². The minimum Gasteiger partial charge on any atom is -0.491 e. The Morgan fingerprint density at radius 2 is 1.44 bits per heavy atom. The van der Waals surface area contributed by atoms with Crippen molar-refractivity contribution in [2.24, 2.45) is 13.0 Å². The number of nitrogens with two attached hydrogens (primary N) is 1. The van der Waals surface area contributed by atoms with Crippen molar-refractivity contribution in [2.75, 3.05) is 93.7 Å². The molecule has 0 saturated heterocycles. The number of oxazole rings is 1. The van der Waals surface area contributed by atoms with Gasteiger partial charge in [0.15, 0.2) is 27.5 Å². The lowest BCUT2D eigenvalue weighted by Crippen LogP contribution is -2.13. The van der Waals surface area contributed by atoms with Crippen molar-refractivity contribution in [1.29, 1.82) is 0 Å². The number of hydrogen-bond donors (Lipinski definition) is 4. The number of rotatable bonds is 33. The Kier molecular flexibility index (Phi) is 33.3. The first-order chi connectivity index (χ1) is 59.4. The van der Waals surface area contributed by atoms with Crippen LogP contribution in [-0.4, -0.2) is 170 Å². The smallest absolute Gasteiger partial charge is 0.491 e. The van der Waals surface area contributed by atoms with Crippen LogP contribution < -0.4 is 29.9 Å². The summed E-state index contributed by atoms with van der Waals surface area (Å²) in [5.74, 6) is 4.23. The van der Waals surface area contributed by atoms with Crippen molar-refractivity contribution in [2.45, 2.75) is 104 Å². The summed E-state index contributed by atoms with van der Waals surface area (Å²) in [4.78, 5) is 97.6. The van der Waals surface area contributed by atoms with E-state index in [1.165, 1.54) is 82.8 Å². The standard InChI is InChI=1S/C26H29N5O7S2.C22H23FN3O5PS3.C19H20ClN5OS2.C13H14N4O2S2/c1-4-5-13-40(34)26-22(31(32)33)20-21(29-24(30-25(20)39-26)23-27-7-6-8-28-23)17-14-18(37-11-9-35-2)16-19(15-17)38-12-10-36-3;1-12(2)11-35(30)22-19(26(3)4)16-15(13-5-7-14(8-6-13)31-32(27,28)29)17(23)18(25-20(16)34-22)21-24-9-10-33-21;1-6-7-8-27-19-15(23-11(3)26)12-14(18-22-10(2)9-25(18)5)24-17(21-4)13(20)16(12)28-19;1-3-6-21(18)13-8(14)10-12(20-13)17-9(7(2)16-10)11-15-4-5-19-11/h6-8,14-16H,4-5,9-13H2,1-3H3;5-10,12H,11H2,1-4H3,(H2,27,28,29);9H,6-8H2,1-3,5H3,(H,23,26);4-5H,3,6,14H2,1-2H3. The molecule has 3 unspecified atom stereocenters. The van der Waals surface area contributed by atoms with Gasteiger partial charge in [0.05, 0.1) is 110 Å². The van der Waals surface area contributed by atoms with E-state index in [0.29, 0.717) is 149 Å². The van der Waals surface area contributed by atoms with E-state index >= 15 is 4.39 Å². The topological polar surface area (TPSA) is 421 Å². The number of halogens is 2. The van der Waals surface area contributed by atoms with Crippen LogP contribution in [0.3, 0.4) is 0 Å². The van der Waals surface area contributed by atoms with Crippen LogP contribution in [0, 0.1) is 42.3 Å². The molecule has 12 aromatic heterocycles. The van der Waals surface area contributed by atoms with Crippen LogP contribution in [0.4, 0.5) is 33.0 Å². The van der Waals surface area contributed by atoms with E-state index in [4.69, 9.17) is 62.0 Å². The molecule has 0 radical (unpaired) electrons. The summed E-state index contributed by atoms with van der Waals surface area (Å²) >= 11 is 14.6. The van der Waals surface area contributed by atoms with Gasteiger partial charge in [-0.15, -0.1) is 62.1 Å². The number of phosphoric ester groups is 1. The lowest BCUT2D eigenvalue weighted by Gasteiger charge is -2.17. The first-order valence-electron chi connectivity index (χ1n) is 38.2. The average Bonchev–Trinajstić information content (AvgIpc) is 1.58. The number of anilines is 3. The Bertz CT molecular complexity index is 6300. The third-order valence-electron chi connectivity index (χ3n) is 17.5. The van der Waals surface area contributed by atoms with Gasteiger partial charge in [0, 0.05) is 112 Å². The van der Waals surface area contributed by atoms with Crippen molar-refractivity contribution in [3.63, 3.8) is 0 Å². The largest absolute Gasteiger partial charge is 0.524 e. The lowest BCUT2D eigenvalue weighted by atomic mass is 10.0. The fourth-order valence-corrected chi connectivity index (χ4v) is 24.5. The van der Waals surface area contributed by atoms with Gasteiger partial charge >= 0.3 is 13.5 Å². The van der Waals surface area contributed by atoms with Crippen LogP contribution in [0.1, 0.15) is 85.0 Å². The SMILES string of the molecule is CC(C)CS(=O)c1sc2nc(-c3nccs3)c(F)c(-c3ccc(OP(=O)(O)O)cc3)c2c1N(C)C.CCCCS(=O)c1sc2nc(-c3ncccn3)nc(-c3cc(OCCOC)cc(OCCOC)c3)c2c1[N+](=O)[O-].CCCS(=O)c1sc2nc(-c3ncco3)c(C)nc2c1N.[C-]#[N+]c1nc(-c2nc(C)cn2C)c2c(NC(C)=O)c(SCCCC)sc2c1Cl. The highest BCUT2D eigenvalue weighted by atomic mass is 35.5. The molecule has 124 heavy (non-hydrogen) atoms. The maximum atomic E-state index is 16.1. The molecule has 14 aromatic rings. The van der Waals surface area contributed by atoms with E-state index in [1.807, 2.05) is 78.3 Å². The number of aryl methyl sites for hydroxylation is 3. The Hall–Kier alpha value is -9.68. The number of carbonyl (C=O) groups excluding carboxylic acids is 1. The molecule has 0 bridgehead atoms. The number of nitrogen functional groups attached to an aromatic ring is 1. The monoisotopic (exact) mass is 1900 g/mol. The number of benzene rings is 2. The number of pyridine rings is 2. The van der Waals surface area contributed by atoms with Crippen LogP contribution in [0.25, 0.3) is 114 Å². The number of fused-ring (bicyclic) bond motifs is 4. The van der Waals surface area contributed by atoms with E-state index in [2.05, 4.69) is 71.4 Å². The zero-order valence-electron chi connectivity index (χ0n) is 69.3. The van der Waals surface area contributed by atoms with Crippen LogP contribution in [0.5, 0.6) is 17.2 Å². The van der Waals surface area contributed by atoms with Gasteiger partial charge in [0.1, 0.15) is 86.9 Å². The number of imidazole rings is 1. The number of thiazole rings is 1. The number of nitrogens with one attached hydrogen (secondary N) is 1. The zero-order chi connectivity index (χ0) is 89.4. The van der Waals surface area contributed by atoms with Crippen molar-refractivity contribution >= 4 is 196 Å². The summed E-state index contributed by atoms with van der Waals surface area (Å²) in [6.07, 6.45) is 14.1. The quantitative estimate of drug-likeness (QED) is 0.00741. The van der Waals surface area contributed by atoms with Crippen LogP contribution in [-0.2, 0) is 58.3 Å². The van der Waals surface area contributed by atoms with Crippen LogP contribution >= 0.6 is 87.9 Å². The average molecular weight is 1900 g/mol. The van der Waals surface area contributed by atoms with E-state index in [-0.39, 0.29) is 80.5 Å². The normalized spacial score (nSPS) is 12.2. The molecule has 0 fully saturated rings. The number of phosphoric acid groups is 1. The maximum Gasteiger partial charge on any atom is 0.524 e. The highest BCUT2D eigenvalue weighted by molar-refractivity contribution is 8.01. The second kappa shape index (κ2) is 43.5. The molecule has 14 rings (SSSR count). The fraction of sp³-hybridized carbons (Fsp3) is 0.338. The molecule has 2 aromatic carbocycles. The number of amides is 1. The van der Waals surface area contributed by atoms with Gasteiger partial charge in [-0.1, -0.05) is 89.1 Å². The number of methoxy groups -OCH3 is 2. The number of ether oxygens (including phenoxy) is 4. The molecule has 0 spiro atoms. The fourth-order valence-electron chi connectivity index (χ4n) is 12.2. The number of hydrogen-bond acceptors (Lipinski definition) is 32. The number of nitrogens with zero attached hydrogens (tertiary/aromatic N) is 15. The Balaban J connectivity index is 0.000000165. The van der Waals surface area contributed by atoms with Crippen LogP contribution in [0.15, 0.2) is 112 Å². The van der Waals surface area contributed by atoms with Gasteiger partial charge in [0.2, 0.25) is 17.5 Å². The molecule has 0 aliphatic carbocycles. The molecule has 5 N–H and O–H groups in total. The molecule has 44 heteroatoms. The Labute approximate surface area is 749 Å². The molecule has 0 saturated carbocycles. The Morgan fingerprint density at radius 1 is 0.774 bits per heavy atom. The number of carbonyl (C=O) groups is 1. The number of nitro groups is 1. The second-order valence-electron chi connectivity index (χ2n) is 27.6. The number of thiophene rings is 4. The highest BCUT2D eigenvalue weighted by Crippen LogP contribution is 2.53. The van der Waals surface area contributed by atoms with Crippen molar-refractivity contribution in [1.82, 2.24) is 59.4 Å². The third-order valence-corrected chi connectivity index (χ3v) is 31.0. The molecular weight excluding hydrogens is 1810 g/mol. The molecule has 0 aliphatic rings. The molecule has 1 amide bonds. The van der Waals surface area contributed by atoms with Gasteiger partial charge in [-0.2, -0.15) is 0 Å². The number of aromatic nitrogens is 12. The predicted octanol–water partition coefficient (Wildman–Crippen LogP) is 19.0. The summed E-state index contributed by atoms with van der Waals surface area (Å²) in [7, 11) is -0.0854. The third kappa shape index (κ3) is 22.8. The summed E-state index contributed by atoms with van der Waals surface area (Å²) in [6.45, 7) is 24.0. The molecular formula is C80H86ClFN17O15PS9. The molecule has 654 valence electrons. The predicted molar refractivity (Wildman–Crippen MR) is 492 cm³/mol. The van der Waals surface area contributed by atoms with E-state index < -0.39 is 51.0 Å². The van der Waals surface area contributed by atoms with E-state index in [0.717, 1.165) is 62.8 Å². The summed E-state index contributed by atoms with van der Waals surface area (Å²) in [5.41, 5.74) is 12.4. The summed E-state index contributed by atoms with van der Waals surface area (Å²) in [5, 5.41) is 19.3. The molecule has 32 nitrogen and oxygen atoms in total. The molecule has 12 heterocycles. The van der Waals surface area contributed by atoms with E-state index in [9.17, 15) is 32.1 Å². The van der Waals surface area contributed by atoms with Gasteiger partial charge < -0.3 is 53.3 Å². The number of unbranched alkanes of at least 4 members (excludes halogenated alkanes) is 2. The van der Waals surface area contributed by atoms with Crippen molar-refractivity contribution in [3.05, 3.63) is 135 Å². The summed E-state index contributed by atoms with van der Waals surface area (Å²) in [6, 6.07) is 12.6. The first kappa shape index (κ1) is 95.0. The lowest BCUT2D eigenvalue weighted by molar-refractivity contribution is -0.385. The highest BCUT2D eigenvalue weighted by Gasteiger charge is 2.35. The van der Waals surface area contributed by atoms with Crippen molar-refractivity contribution < 1.29 is 69.0 Å². The maximum absolute atomic E-state index is 16.1. The summed E-state index contributed by atoms with van der Waals surface area (Å²) < 4.78 is 103. The minimum absolute atomic E-state index is 0.0511. The molecule has 0 aliphatic heterocycles. The zero-order valence-corrected chi connectivity index (χ0v) is 78.3. The van der Waals surface area contributed by atoms with Gasteiger partial charge in [0.25, 0.3) is 5.82 Å². The number of thioether (sulfide) groups is 1. The Morgan fingerprint density at radius 3 is 2.02 bits per heavy atom. The minimum atomic E-state index is -4.73. The van der Waals surface area contributed by atoms with Crippen molar-refractivity contribution in [3.8, 4) is 85.1 Å². The van der Waals surface area contributed by atoms with Gasteiger partial charge in [-0.3, -0.25) is 37.3 Å². The second-order valence-corrected chi connectivity index (χ2v) is 40.7. The van der Waals surface area contributed by atoms with Gasteiger partial charge in [-0.05, 0) is 80.7 Å². The molecule has 3 atom stereocenters. The van der Waals surface area contributed by atoms with E-state index in [1.54, 1.807) is 80.4 Å².